The van der Waals surface area contributed by atoms with Crippen LogP contribution in [0.4, 0.5) is 34.1 Å². The van der Waals surface area contributed by atoms with Crippen molar-refractivity contribution >= 4 is 66.8 Å². The Hall–Kier alpha value is -6.65. The molecular weight excluding hydrogens is 597 g/mol. The number of anilines is 6. The van der Waals surface area contributed by atoms with Gasteiger partial charge in [0, 0.05) is 62.2 Å². The van der Waals surface area contributed by atoms with Gasteiger partial charge in [-0.25, -0.2) is 0 Å². The first-order chi connectivity index (χ1) is 24.3. The average Bonchev–Trinajstić information content (AvgIpc) is 3.51. The number of hydrogen-bond donors (Lipinski definition) is 0. The molecule has 2 heterocycles. The molecule has 0 spiro atoms. The molecule has 2 aromatic heterocycles. The van der Waals surface area contributed by atoms with E-state index >= 15 is 0 Å². The Morgan fingerprint density at radius 1 is 0.367 bits per heavy atom. The molecule has 232 valence electrons. The molecule has 0 aliphatic carbocycles. The number of benzene rings is 7. The fourth-order valence-corrected chi connectivity index (χ4v) is 6.96. The van der Waals surface area contributed by atoms with Crippen molar-refractivity contribution in [2.45, 2.75) is 0 Å². The van der Waals surface area contributed by atoms with Crippen LogP contribution in [-0.2, 0) is 0 Å². The minimum atomic E-state index is 0.976. The van der Waals surface area contributed by atoms with Crippen LogP contribution in [0.1, 0.15) is 0 Å². The van der Waals surface area contributed by atoms with Crippen LogP contribution in [0.2, 0.25) is 0 Å². The van der Waals surface area contributed by atoms with Gasteiger partial charge in [0.25, 0.3) is 0 Å². The van der Waals surface area contributed by atoms with Crippen LogP contribution in [0.15, 0.2) is 194 Å². The van der Waals surface area contributed by atoms with Crippen LogP contribution in [0, 0.1) is 0 Å². The largest absolute Gasteiger partial charge is 0.311 e. The van der Waals surface area contributed by atoms with Gasteiger partial charge in [-0.15, -0.1) is 0 Å². The van der Waals surface area contributed by atoms with E-state index in [0.29, 0.717) is 0 Å². The molecule has 0 saturated heterocycles. The minimum Gasteiger partial charge on any atom is -0.311 e. The highest BCUT2D eigenvalue weighted by molar-refractivity contribution is 6.10. The number of hydrogen-bond acceptors (Lipinski definition) is 3. The SMILES string of the molecule is c1ccc(N(c2ccccc2)c2ccc(N(c3ccc4ncccc4c3)c3ccc4c(c3)c3ccccc3n4-c3ccccc3)cc2)cc1. The van der Waals surface area contributed by atoms with Crippen LogP contribution in [0.3, 0.4) is 0 Å². The maximum atomic E-state index is 4.60. The zero-order valence-corrected chi connectivity index (χ0v) is 26.8. The monoisotopic (exact) mass is 628 g/mol. The fourth-order valence-electron chi connectivity index (χ4n) is 6.96. The third kappa shape index (κ3) is 5.16. The van der Waals surface area contributed by atoms with Gasteiger partial charge in [-0.2, -0.15) is 0 Å². The Balaban J connectivity index is 1.22. The van der Waals surface area contributed by atoms with Crippen LogP contribution >= 0.6 is 0 Å². The molecule has 49 heavy (non-hydrogen) atoms. The van der Waals surface area contributed by atoms with E-state index in [9.17, 15) is 0 Å². The molecule has 0 radical (unpaired) electrons. The highest BCUT2D eigenvalue weighted by Gasteiger charge is 2.19. The van der Waals surface area contributed by atoms with E-state index in [4.69, 9.17) is 0 Å². The zero-order valence-electron chi connectivity index (χ0n) is 26.8. The van der Waals surface area contributed by atoms with Gasteiger partial charge in [-0.05, 0) is 109 Å². The van der Waals surface area contributed by atoms with Gasteiger partial charge >= 0.3 is 0 Å². The van der Waals surface area contributed by atoms with Gasteiger partial charge in [0.05, 0.1) is 16.6 Å². The highest BCUT2D eigenvalue weighted by Crippen LogP contribution is 2.42. The first kappa shape index (κ1) is 28.6. The molecule has 0 unspecified atom stereocenters. The third-order valence-electron chi connectivity index (χ3n) is 9.17. The molecule has 0 aliphatic rings. The molecule has 0 N–H and O–H groups in total. The summed E-state index contributed by atoms with van der Waals surface area (Å²) in [5.41, 5.74) is 11.0. The molecule has 0 amide bonds. The smallest absolute Gasteiger partial charge is 0.0703 e. The number of rotatable bonds is 7. The summed E-state index contributed by atoms with van der Waals surface area (Å²) in [4.78, 5) is 9.23. The van der Waals surface area contributed by atoms with Crippen LogP contribution in [0.25, 0.3) is 38.4 Å². The van der Waals surface area contributed by atoms with E-state index in [1.807, 2.05) is 12.3 Å². The van der Waals surface area contributed by atoms with Crippen LogP contribution in [-0.4, -0.2) is 9.55 Å². The second-order valence-corrected chi connectivity index (χ2v) is 12.1. The summed E-state index contributed by atoms with van der Waals surface area (Å²) in [6.07, 6.45) is 1.85. The summed E-state index contributed by atoms with van der Waals surface area (Å²) in [5.74, 6) is 0. The van der Waals surface area contributed by atoms with Gasteiger partial charge in [0.2, 0.25) is 0 Å². The third-order valence-corrected chi connectivity index (χ3v) is 9.17. The number of para-hydroxylation sites is 4. The molecule has 7 aromatic carbocycles. The molecule has 0 saturated carbocycles. The summed E-state index contributed by atoms with van der Waals surface area (Å²) >= 11 is 0. The van der Waals surface area contributed by atoms with E-state index < -0.39 is 0 Å². The second kappa shape index (κ2) is 12.2. The molecule has 4 heteroatoms. The van der Waals surface area contributed by atoms with Crippen molar-refractivity contribution in [1.29, 1.82) is 0 Å². The molecule has 0 aliphatic heterocycles. The predicted molar refractivity (Wildman–Crippen MR) is 205 cm³/mol. The topological polar surface area (TPSA) is 24.3 Å². The molecule has 4 nitrogen and oxygen atoms in total. The van der Waals surface area contributed by atoms with Crippen molar-refractivity contribution in [3.63, 3.8) is 0 Å². The van der Waals surface area contributed by atoms with Gasteiger partial charge < -0.3 is 14.4 Å². The fraction of sp³-hybridized carbons (Fsp3) is 0. The van der Waals surface area contributed by atoms with E-state index in [1.165, 1.54) is 21.8 Å². The van der Waals surface area contributed by atoms with Crippen LogP contribution < -0.4 is 9.80 Å². The van der Waals surface area contributed by atoms with Crippen molar-refractivity contribution < 1.29 is 0 Å². The van der Waals surface area contributed by atoms with Crippen molar-refractivity contribution in [2.24, 2.45) is 0 Å². The number of nitrogens with zero attached hydrogens (tertiary/aromatic N) is 4. The molecular formula is C45H32N4. The minimum absolute atomic E-state index is 0.976. The lowest BCUT2D eigenvalue weighted by Gasteiger charge is -2.28. The van der Waals surface area contributed by atoms with E-state index in [1.54, 1.807) is 0 Å². The summed E-state index contributed by atoms with van der Waals surface area (Å²) in [7, 11) is 0. The standard InChI is InChI=1S/C45H32N4/c1-4-14-34(15-5-1)47(35-16-6-2-7-17-35)37-22-24-38(25-23-37)48(39-26-28-43-33(31-39)13-12-30-46-43)40-27-29-45-42(32-40)41-20-10-11-21-44(41)49(45)36-18-8-3-9-19-36/h1-32H. The molecule has 9 rings (SSSR count). The molecule has 0 fully saturated rings. The van der Waals surface area contributed by atoms with E-state index in [-0.39, 0.29) is 0 Å². The van der Waals surface area contributed by atoms with E-state index in [2.05, 4.69) is 201 Å². The summed E-state index contributed by atoms with van der Waals surface area (Å²) in [6.45, 7) is 0. The predicted octanol–water partition coefficient (Wildman–Crippen LogP) is 12.3. The van der Waals surface area contributed by atoms with E-state index in [0.717, 1.165) is 50.7 Å². The number of fused-ring (bicyclic) bond motifs is 4. The van der Waals surface area contributed by atoms with Gasteiger partial charge in [0.1, 0.15) is 0 Å². The summed E-state index contributed by atoms with van der Waals surface area (Å²) in [5, 5.41) is 3.53. The number of aromatic nitrogens is 2. The van der Waals surface area contributed by atoms with Crippen molar-refractivity contribution in [3.05, 3.63) is 194 Å². The Kier molecular flexibility index (Phi) is 7.10. The molecule has 0 bridgehead atoms. The molecule has 0 atom stereocenters. The molecule has 9 aromatic rings. The average molecular weight is 629 g/mol. The van der Waals surface area contributed by atoms with Gasteiger partial charge in [0.15, 0.2) is 0 Å². The number of pyridine rings is 1. The maximum Gasteiger partial charge on any atom is 0.0703 e. The van der Waals surface area contributed by atoms with Crippen molar-refractivity contribution in [1.82, 2.24) is 9.55 Å². The summed E-state index contributed by atoms with van der Waals surface area (Å²) in [6, 6.07) is 66.7. The van der Waals surface area contributed by atoms with Crippen molar-refractivity contribution in [2.75, 3.05) is 9.80 Å². The van der Waals surface area contributed by atoms with Gasteiger partial charge in [-0.1, -0.05) is 78.9 Å². The van der Waals surface area contributed by atoms with Crippen LogP contribution in [0.5, 0.6) is 0 Å². The second-order valence-electron chi connectivity index (χ2n) is 12.1. The Bertz CT molecular complexity index is 2500. The quantitative estimate of drug-likeness (QED) is 0.175. The Morgan fingerprint density at radius 3 is 1.57 bits per heavy atom. The lowest BCUT2D eigenvalue weighted by molar-refractivity contribution is 1.18. The first-order valence-electron chi connectivity index (χ1n) is 16.6. The zero-order chi connectivity index (χ0) is 32.6. The maximum absolute atomic E-state index is 4.60. The Morgan fingerprint density at radius 2 is 0.878 bits per heavy atom. The van der Waals surface area contributed by atoms with Gasteiger partial charge in [-0.3, -0.25) is 4.98 Å². The lowest BCUT2D eigenvalue weighted by atomic mass is 10.1. The lowest BCUT2D eigenvalue weighted by Crippen LogP contribution is -2.12. The van der Waals surface area contributed by atoms with Crippen molar-refractivity contribution in [3.8, 4) is 5.69 Å². The normalized spacial score (nSPS) is 11.3. The highest BCUT2D eigenvalue weighted by atomic mass is 15.2. The first-order valence-corrected chi connectivity index (χ1v) is 16.6. The Labute approximate surface area is 285 Å². The summed E-state index contributed by atoms with van der Waals surface area (Å²) < 4.78 is 2.36.